The highest BCUT2D eigenvalue weighted by molar-refractivity contribution is 5.99. The molecule has 1 aliphatic heterocycles. The van der Waals surface area contributed by atoms with Gasteiger partial charge in [0.1, 0.15) is 11.3 Å². The minimum atomic E-state index is -0.669. The van der Waals surface area contributed by atoms with Gasteiger partial charge in [-0.25, -0.2) is 0 Å². The van der Waals surface area contributed by atoms with Crippen molar-refractivity contribution in [2.24, 2.45) is 0 Å². The molecular weight excluding hydrogens is 482 g/mol. The van der Waals surface area contributed by atoms with Gasteiger partial charge in [0.15, 0.2) is 16.9 Å². The number of hydrogen-bond donors (Lipinski definition) is 0. The molecule has 2 aromatic heterocycles. The van der Waals surface area contributed by atoms with Gasteiger partial charge in [0, 0.05) is 0 Å². The quantitative estimate of drug-likeness (QED) is 0.218. The van der Waals surface area contributed by atoms with Crippen LogP contribution in [0.1, 0.15) is 77.2 Å². The molecule has 0 bridgehead atoms. The molecule has 0 fully saturated rings. The van der Waals surface area contributed by atoms with Gasteiger partial charge in [-0.05, 0) is 73.4 Å². The lowest BCUT2D eigenvalue weighted by Crippen LogP contribution is -2.29. The molecule has 0 N–H and O–H groups in total. The summed E-state index contributed by atoms with van der Waals surface area (Å²) in [5, 5.41) is 0.462. The molecule has 0 saturated carbocycles. The molecule has 5 rings (SSSR count). The van der Waals surface area contributed by atoms with Crippen LogP contribution in [0.4, 0.5) is 0 Å². The largest absolute Gasteiger partial charge is 0.493 e. The number of fused-ring (bicyclic) bond motifs is 2. The van der Waals surface area contributed by atoms with Crippen LogP contribution in [0.5, 0.6) is 11.5 Å². The van der Waals surface area contributed by atoms with E-state index in [4.69, 9.17) is 18.3 Å². The zero-order chi connectivity index (χ0) is 26.8. The normalized spacial score (nSPS) is 14.8. The van der Waals surface area contributed by atoms with Gasteiger partial charge in [0.25, 0.3) is 5.91 Å². The Labute approximate surface area is 222 Å². The number of unbranched alkanes of at least 4 members (excludes halogenated alkanes) is 3. The Kier molecular flexibility index (Phi) is 7.27. The molecule has 1 unspecified atom stereocenters. The summed E-state index contributed by atoms with van der Waals surface area (Å²) in [4.78, 5) is 29.2. The lowest BCUT2D eigenvalue weighted by Gasteiger charge is -2.25. The molecule has 4 aromatic rings. The summed E-state index contributed by atoms with van der Waals surface area (Å²) in [6.45, 7) is 6.87. The highest BCUT2D eigenvalue weighted by Crippen LogP contribution is 2.42. The van der Waals surface area contributed by atoms with Crippen molar-refractivity contribution in [2.75, 3.05) is 13.7 Å². The maximum atomic E-state index is 13.9. The number of ether oxygens (including phenoxy) is 2. The summed E-state index contributed by atoms with van der Waals surface area (Å²) >= 11 is 0. The number of hydrogen-bond acceptors (Lipinski definition) is 6. The molecule has 0 radical (unpaired) electrons. The van der Waals surface area contributed by atoms with Crippen LogP contribution in [0.3, 0.4) is 0 Å². The van der Waals surface area contributed by atoms with Crippen molar-refractivity contribution in [1.29, 1.82) is 0 Å². The lowest BCUT2D eigenvalue weighted by molar-refractivity contribution is 0.0701. The maximum absolute atomic E-state index is 13.9. The average Bonchev–Trinajstić information content (AvgIpc) is 3.52. The number of rotatable bonds is 10. The Bertz CT molecular complexity index is 1520. The molecule has 7 heteroatoms. The Hall–Kier alpha value is -4.00. The Balaban J connectivity index is 1.59. The standard InChI is InChI=1S/C31H33NO6/c1-5-6-7-8-13-37-24-12-11-21(17-26(24)35-4)28-27-29(33)23-15-19(2)20(3)16-25(23)38-30(27)31(34)32(28)18-22-10-9-14-36-22/h9-12,14-17,28H,5-8,13,18H2,1-4H3. The SMILES string of the molecule is CCCCCCOc1ccc(C2c3c(oc4cc(C)c(C)cc4c3=O)C(=O)N2Cc2ccco2)cc1OC. The van der Waals surface area contributed by atoms with Crippen molar-refractivity contribution >= 4 is 16.9 Å². The molecule has 0 saturated heterocycles. The molecule has 198 valence electrons. The van der Waals surface area contributed by atoms with E-state index < -0.39 is 6.04 Å². The van der Waals surface area contributed by atoms with Crippen molar-refractivity contribution in [3.05, 3.63) is 92.7 Å². The number of nitrogens with zero attached hydrogens (tertiary/aromatic N) is 1. The van der Waals surface area contributed by atoms with Gasteiger partial charge in [-0.2, -0.15) is 0 Å². The van der Waals surface area contributed by atoms with E-state index in [2.05, 4.69) is 6.92 Å². The number of carbonyl (C=O) groups is 1. The van der Waals surface area contributed by atoms with E-state index >= 15 is 0 Å². The fourth-order valence-electron chi connectivity index (χ4n) is 5.04. The predicted molar refractivity (Wildman–Crippen MR) is 145 cm³/mol. The van der Waals surface area contributed by atoms with Gasteiger partial charge >= 0.3 is 0 Å². The summed E-state index contributed by atoms with van der Waals surface area (Å²) in [5.74, 6) is 1.50. The van der Waals surface area contributed by atoms with Crippen molar-refractivity contribution in [2.45, 2.75) is 59.0 Å². The number of amides is 1. The van der Waals surface area contributed by atoms with Gasteiger partial charge in [0.2, 0.25) is 5.76 Å². The number of furan rings is 1. The fourth-order valence-corrected chi connectivity index (χ4v) is 5.04. The molecular formula is C31H33NO6. The average molecular weight is 516 g/mol. The molecule has 2 aromatic carbocycles. The van der Waals surface area contributed by atoms with Crippen molar-refractivity contribution < 1.29 is 23.1 Å². The molecule has 0 aliphatic carbocycles. The van der Waals surface area contributed by atoms with Gasteiger partial charge in [0.05, 0.1) is 43.5 Å². The summed E-state index contributed by atoms with van der Waals surface area (Å²) in [7, 11) is 1.59. The minimum Gasteiger partial charge on any atom is -0.493 e. The van der Waals surface area contributed by atoms with Gasteiger partial charge in [-0.15, -0.1) is 0 Å². The monoisotopic (exact) mass is 515 g/mol. The summed E-state index contributed by atoms with van der Waals surface area (Å²) < 4.78 is 23.3. The van der Waals surface area contributed by atoms with Crippen LogP contribution in [0.15, 0.2) is 62.4 Å². The van der Waals surface area contributed by atoms with Crippen molar-refractivity contribution in [3.63, 3.8) is 0 Å². The van der Waals surface area contributed by atoms with Crippen LogP contribution in [0.25, 0.3) is 11.0 Å². The van der Waals surface area contributed by atoms with Crippen molar-refractivity contribution in [1.82, 2.24) is 4.90 Å². The van der Waals surface area contributed by atoms with Gasteiger partial charge in [-0.1, -0.05) is 32.3 Å². The molecule has 38 heavy (non-hydrogen) atoms. The second kappa shape index (κ2) is 10.8. The van der Waals surface area contributed by atoms with E-state index in [-0.39, 0.29) is 23.6 Å². The van der Waals surface area contributed by atoms with E-state index in [1.807, 2.05) is 50.2 Å². The first-order chi connectivity index (χ1) is 18.4. The lowest BCUT2D eigenvalue weighted by atomic mass is 9.97. The number of benzene rings is 2. The second-order valence-electron chi connectivity index (χ2n) is 9.84. The molecule has 7 nitrogen and oxygen atoms in total. The molecule has 1 aliphatic rings. The topological polar surface area (TPSA) is 82.1 Å². The molecule has 1 atom stereocenters. The first-order valence-corrected chi connectivity index (χ1v) is 13.1. The Morgan fingerprint density at radius 2 is 1.79 bits per heavy atom. The predicted octanol–water partition coefficient (Wildman–Crippen LogP) is 6.72. The third-order valence-corrected chi connectivity index (χ3v) is 7.25. The molecule has 0 spiro atoms. The van der Waals surface area contributed by atoms with E-state index in [0.29, 0.717) is 40.4 Å². The van der Waals surface area contributed by atoms with E-state index in [1.165, 1.54) is 6.42 Å². The van der Waals surface area contributed by atoms with Crippen LogP contribution >= 0.6 is 0 Å². The zero-order valence-corrected chi connectivity index (χ0v) is 22.3. The number of methoxy groups -OCH3 is 1. The van der Waals surface area contributed by atoms with Crippen LogP contribution in [0, 0.1) is 13.8 Å². The second-order valence-corrected chi connectivity index (χ2v) is 9.84. The zero-order valence-electron chi connectivity index (χ0n) is 22.3. The van der Waals surface area contributed by atoms with Crippen LogP contribution in [-0.2, 0) is 6.54 Å². The Morgan fingerprint density at radius 1 is 0.974 bits per heavy atom. The van der Waals surface area contributed by atoms with Crippen LogP contribution < -0.4 is 14.9 Å². The minimum absolute atomic E-state index is 0.0672. The first-order valence-electron chi connectivity index (χ1n) is 13.1. The maximum Gasteiger partial charge on any atom is 0.291 e. The van der Waals surface area contributed by atoms with Gasteiger partial charge in [-0.3, -0.25) is 9.59 Å². The molecule has 1 amide bonds. The van der Waals surface area contributed by atoms with E-state index in [1.54, 1.807) is 24.3 Å². The molecule has 3 heterocycles. The summed E-state index contributed by atoms with van der Waals surface area (Å²) in [5.41, 5.74) is 3.24. The third kappa shape index (κ3) is 4.69. The smallest absolute Gasteiger partial charge is 0.291 e. The highest BCUT2D eigenvalue weighted by Gasteiger charge is 2.43. The van der Waals surface area contributed by atoms with Crippen LogP contribution in [0.2, 0.25) is 0 Å². The highest BCUT2D eigenvalue weighted by atomic mass is 16.5. The third-order valence-electron chi connectivity index (χ3n) is 7.25. The van der Waals surface area contributed by atoms with E-state index in [0.717, 1.165) is 36.0 Å². The summed E-state index contributed by atoms with van der Waals surface area (Å²) in [6.07, 6.45) is 5.99. The van der Waals surface area contributed by atoms with E-state index in [9.17, 15) is 9.59 Å². The van der Waals surface area contributed by atoms with Gasteiger partial charge < -0.3 is 23.2 Å². The van der Waals surface area contributed by atoms with Crippen LogP contribution in [-0.4, -0.2) is 24.5 Å². The number of carbonyl (C=O) groups excluding carboxylic acids is 1. The Morgan fingerprint density at radius 3 is 2.53 bits per heavy atom. The number of aryl methyl sites for hydroxylation is 2. The fraction of sp³-hybridized carbons (Fsp3) is 0.355. The summed E-state index contributed by atoms with van der Waals surface area (Å²) in [6, 6.07) is 12.1. The first kappa shape index (κ1) is 25.6. The van der Waals surface area contributed by atoms with Crippen molar-refractivity contribution in [3.8, 4) is 11.5 Å².